The van der Waals surface area contributed by atoms with E-state index in [-0.39, 0.29) is 11.3 Å². The van der Waals surface area contributed by atoms with Crippen LogP contribution in [-0.2, 0) is 4.74 Å². The van der Waals surface area contributed by atoms with Gasteiger partial charge < -0.3 is 26.3 Å². The molecule has 0 fully saturated rings. The Labute approximate surface area is 97.2 Å². The Kier molecular flexibility index (Phi) is 4.81. The maximum atomic E-state index is 9.95. The van der Waals surface area contributed by atoms with Crippen LogP contribution in [0.4, 0.5) is 0 Å². The molecule has 0 saturated carbocycles. The summed E-state index contributed by atoms with van der Waals surface area (Å²) in [6.45, 7) is 7.87. The van der Waals surface area contributed by atoms with Gasteiger partial charge >= 0.3 is 0 Å². The van der Waals surface area contributed by atoms with Crippen molar-refractivity contribution in [1.29, 1.82) is 5.41 Å². The van der Waals surface area contributed by atoms with Crippen LogP contribution in [0.2, 0.25) is 0 Å². The molecule has 5 heteroatoms. The number of rotatable bonds is 6. The Bertz CT molecular complexity index is 277. The van der Waals surface area contributed by atoms with E-state index in [2.05, 4.69) is 5.32 Å². The first-order chi connectivity index (χ1) is 7.15. The molecule has 0 aromatic heterocycles. The Hall–Kier alpha value is -1.23. The van der Waals surface area contributed by atoms with Gasteiger partial charge in [0.2, 0.25) is 5.88 Å². The van der Waals surface area contributed by atoms with Crippen molar-refractivity contribution in [2.24, 2.45) is 11.1 Å². The highest BCUT2D eigenvalue weighted by Gasteiger charge is 2.34. The predicted octanol–water partition coefficient (Wildman–Crippen LogP) is 0.797. The Morgan fingerprint density at radius 3 is 2.25 bits per heavy atom. The van der Waals surface area contributed by atoms with E-state index < -0.39 is 5.60 Å². The lowest BCUT2D eigenvalue weighted by molar-refractivity contribution is -0.0324. The van der Waals surface area contributed by atoms with Crippen LogP contribution in [0.15, 0.2) is 11.6 Å². The largest absolute Gasteiger partial charge is 0.481 e. The zero-order chi connectivity index (χ0) is 13.0. The number of ether oxygens (including phenoxy) is 1. The molecule has 0 amide bonds. The van der Waals surface area contributed by atoms with Gasteiger partial charge in [0.15, 0.2) is 0 Å². The minimum Gasteiger partial charge on any atom is -0.481 e. The minimum atomic E-state index is -0.824. The van der Waals surface area contributed by atoms with E-state index in [1.165, 1.54) is 7.11 Å². The zero-order valence-corrected chi connectivity index (χ0v) is 10.7. The summed E-state index contributed by atoms with van der Waals surface area (Å²) in [5.74, 6) is 0.168. The van der Waals surface area contributed by atoms with Gasteiger partial charge in [0.1, 0.15) is 5.70 Å². The highest BCUT2D eigenvalue weighted by molar-refractivity contribution is 5.75. The van der Waals surface area contributed by atoms with Gasteiger partial charge in [-0.25, -0.2) is 0 Å². The molecule has 0 unspecified atom stereocenters. The summed E-state index contributed by atoms with van der Waals surface area (Å²) in [5, 5.41) is 20.1. The van der Waals surface area contributed by atoms with E-state index in [9.17, 15) is 5.11 Å². The monoisotopic (exact) mass is 229 g/mol. The molecule has 5 nitrogen and oxygen atoms in total. The molecule has 0 heterocycles. The summed E-state index contributed by atoms with van der Waals surface area (Å²) in [7, 11) is 1.45. The van der Waals surface area contributed by atoms with Crippen LogP contribution in [0, 0.1) is 10.8 Å². The minimum absolute atomic E-state index is 0.168. The molecule has 0 atom stereocenters. The van der Waals surface area contributed by atoms with Crippen LogP contribution < -0.4 is 11.1 Å². The molecule has 0 aliphatic carbocycles. The molecule has 16 heavy (non-hydrogen) atoms. The van der Waals surface area contributed by atoms with E-state index >= 15 is 0 Å². The molecule has 0 rings (SSSR count). The smallest absolute Gasteiger partial charge is 0.209 e. The molecule has 0 bridgehead atoms. The van der Waals surface area contributed by atoms with E-state index in [1.54, 1.807) is 13.8 Å². The molecule has 0 radical (unpaired) electrons. The Morgan fingerprint density at radius 2 is 1.94 bits per heavy atom. The van der Waals surface area contributed by atoms with Gasteiger partial charge in [0.05, 0.1) is 12.7 Å². The van der Waals surface area contributed by atoms with Gasteiger partial charge in [-0.05, 0) is 13.8 Å². The molecule has 0 spiro atoms. The summed E-state index contributed by atoms with van der Waals surface area (Å²) in [6.07, 6.45) is 1.10. The molecule has 0 saturated heterocycles. The number of hydrogen-bond acceptors (Lipinski definition) is 5. The zero-order valence-electron chi connectivity index (χ0n) is 10.7. The lowest BCUT2D eigenvalue weighted by Gasteiger charge is -2.37. The SMILES string of the molecule is CO/C(N)=C(/C=N)NCC(C)(C)C(C)(C)O. The highest BCUT2D eigenvalue weighted by atomic mass is 16.5. The quantitative estimate of drug-likeness (QED) is 0.400. The number of nitrogens with one attached hydrogen (secondary N) is 2. The lowest BCUT2D eigenvalue weighted by Crippen LogP contribution is -2.46. The van der Waals surface area contributed by atoms with Gasteiger partial charge in [0, 0.05) is 18.2 Å². The maximum absolute atomic E-state index is 9.95. The van der Waals surface area contributed by atoms with Gasteiger partial charge in [-0.3, -0.25) is 0 Å². The first-order valence-electron chi connectivity index (χ1n) is 5.16. The van der Waals surface area contributed by atoms with Crippen molar-refractivity contribution in [2.75, 3.05) is 13.7 Å². The number of hydrogen-bond donors (Lipinski definition) is 4. The van der Waals surface area contributed by atoms with Crippen molar-refractivity contribution in [3.63, 3.8) is 0 Å². The van der Waals surface area contributed by atoms with Crippen LogP contribution in [0.3, 0.4) is 0 Å². The summed E-state index contributed by atoms with van der Waals surface area (Å²) in [4.78, 5) is 0. The third-order valence-corrected chi connectivity index (χ3v) is 3.01. The van der Waals surface area contributed by atoms with Crippen molar-refractivity contribution in [1.82, 2.24) is 5.32 Å². The third kappa shape index (κ3) is 3.73. The molecule has 94 valence electrons. The number of methoxy groups -OCH3 is 1. The second-order valence-electron chi connectivity index (χ2n) is 4.92. The first kappa shape index (κ1) is 14.8. The van der Waals surface area contributed by atoms with Gasteiger partial charge in [-0.15, -0.1) is 0 Å². The fourth-order valence-corrected chi connectivity index (χ4v) is 0.852. The molecule has 0 aromatic carbocycles. The number of aliphatic hydroxyl groups is 1. The summed E-state index contributed by atoms with van der Waals surface area (Å²) in [5.41, 5.74) is 4.79. The van der Waals surface area contributed by atoms with E-state index in [0.717, 1.165) is 6.21 Å². The maximum Gasteiger partial charge on any atom is 0.209 e. The van der Waals surface area contributed by atoms with E-state index in [4.69, 9.17) is 15.9 Å². The lowest BCUT2D eigenvalue weighted by atomic mass is 9.77. The normalized spacial score (nSPS) is 14.1. The van der Waals surface area contributed by atoms with Crippen molar-refractivity contribution >= 4 is 6.21 Å². The first-order valence-corrected chi connectivity index (χ1v) is 5.16. The molecular weight excluding hydrogens is 206 g/mol. The molecule has 0 aliphatic rings. The van der Waals surface area contributed by atoms with Crippen LogP contribution in [0.5, 0.6) is 0 Å². The van der Waals surface area contributed by atoms with Crippen LogP contribution >= 0.6 is 0 Å². The topological polar surface area (TPSA) is 91.4 Å². The number of allylic oxidation sites excluding steroid dienone is 1. The average molecular weight is 229 g/mol. The van der Waals surface area contributed by atoms with E-state index in [0.29, 0.717) is 12.2 Å². The third-order valence-electron chi connectivity index (χ3n) is 3.01. The van der Waals surface area contributed by atoms with Crippen molar-refractivity contribution in [3.05, 3.63) is 11.6 Å². The summed E-state index contributed by atoms with van der Waals surface area (Å²) >= 11 is 0. The molecule has 0 aliphatic heterocycles. The Balaban J connectivity index is 4.62. The van der Waals surface area contributed by atoms with E-state index in [1.807, 2.05) is 13.8 Å². The fourth-order valence-electron chi connectivity index (χ4n) is 0.852. The van der Waals surface area contributed by atoms with Crippen LogP contribution in [0.25, 0.3) is 0 Å². The standard InChI is InChI=1S/C11H23N3O2/c1-10(2,11(3,4)15)7-14-8(6-12)9(13)16-5/h6,12,14-15H,7,13H2,1-5H3/b9-8-,12-6?. The second kappa shape index (κ2) is 5.21. The van der Waals surface area contributed by atoms with Crippen LogP contribution in [0.1, 0.15) is 27.7 Å². The van der Waals surface area contributed by atoms with Crippen molar-refractivity contribution < 1.29 is 9.84 Å². The average Bonchev–Trinajstić information content (AvgIpc) is 2.16. The highest BCUT2D eigenvalue weighted by Crippen LogP contribution is 2.29. The summed E-state index contributed by atoms with van der Waals surface area (Å²) < 4.78 is 4.84. The van der Waals surface area contributed by atoms with Gasteiger partial charge in [0.25, 0.3) is 0 Å². The van der Waals surface area contributed by atoms with Gasteiger partial charge in [-0.2, -0.15) is 0 Å². The van der Waals surface area contributed by atoms with Crippen LogP contribution in [-0.4, -0.2) is 30.6 Å². The number of nitrogens with two attached hydrogens (primary N) is 1. The molecular formula is C11H23N3O2. The van der Waals surface area contributed by atoms with Gasteiger partial charge in [-0.1, -0.05) is 13.8 Å². The van der Waals surface area contributed by atoms with Crippen molar-refractivity contribution in [2.45, 2.75) is 33.3 Å². The fraction of sp³-hybridized carbons (Fsp3) is 0.727. The second-order valence-corrected chi connectivity index (χ2v) is 4.92. The Morgan fingerprint density at radius 1 is 1.44 bits per heavy atom. The predicted molar refractivity (Wildman–Crippen MR) is 65.1 cm³/mol. The molecule has 0 aromatic rings. The molecule has 5 N–H and O–H groups in total. The van der Waals surface area contributed by atoms with Crippen molar-refractivity contribution in [3.8, 4) is 0 Å². The summed E-state index contributed by atoms with van der Waals surface area (Å²) in [6, 6.07) is 0.